The van der Waals surface area contributed by atoms with Gasteiger partial charge in [0.05, 0.1) is 0 Å². The summed E-state index contributed by atoms with van der Waals surface area (Å²) in [5.41, 5.74) is 1.61. The molecule has 0 saturated carbocycles. The maximum absolute atomic E-state index is 4.46. The van der Waals surface area contributed by atoms with E-state index in [1.54, 1.807) is 0 Å². The normalized spacial score (nSPS) is 3.42. The second-order valence-corrected chi connectivity index (χ2v) is 2.91. The van der Waals surface area contributed by atoms with E-state index in [0.29, 0.717) is 0 Å². The van der Waals surface area contributed by atoms with Crippen LogP contribution in [0.25, 0.3) is 11.0 Å². The summed E-state index contributed by atoms with van der Waals surface area (Å²) in [6.45, 7) is 16.0. The van der Waals surface area contributed by atoms with Crippen molar-refractivity contribution in [1.29, 1.82) is 0 Å². The average Bonchev–Trinajstić information content (AvgIpc) is 3.19. The van der Waals surface area contributed by atoms with Crippen LogP contribution in [0, 0.1) is 44.6 Å². The number of benzene rings is 2. The van der Waals surface area contributed by atoms with Crippen LogP contribution in [0.15, 0.2) is 65.3 Å². The number of fused-ring (bicyclic) bond motifs is 1. The van der Waals surface area contributed by atoms with Crippen LogP contribution in [0.4, 0.5) is 0 Å². The molecule has 2 aromatic carbocycles. The van der Waals surface area contributed by atoms with E-state index >= 15 is 0 Å². The van der Waals surface area contributed by atoms with Crippen molar-refractivity contribution in [2.75, 3.05) is 0 Å². The summed E-state index contributed by atoms with van der Waals surface area (Å²) in [4.78, 5) is 0. The van der Waals surface area contributed by atoms with Crippen molar-refractivity contribution in [3.05, 3.63) is 105 Å². The summed E-state index contributed by atoms with van der Waals surface area (Å²) in [5, 5.41) is 7.27. The van der Waals surface area contributed by atoms with Gasteiger partial charge in [-0.15, -0.1) is 0 Å². The average molecular weight is 2100 g/mol. The molecule has 3 aromatic rings. The van der Waals surface area contributed by atoms with E-state index in [-0.39, 0.29) is 666 Å². The number of nitrogens with zero attached hydrogens (tertiary/aromatic N) is 2. The largest absolute Gasteiger partial charge is 0.358 e. The van der Waals surface area contributed by atoms with Crippen LogP contribution >= 0.6 is 0 Å². The quantitative estimate of drug-likeness (QED) is 0.211. The first kappa shape index (κ1) is 192. The molecule has 0 aliphatic carbocycles. The molecule has 19 radical (unpaired) electrons. The van der Waals surface area contributed by atoms with E-state index in [2.05, 4.69) is 14.9 Å². The van der Waals surface area contributed by atoms with Crippen LogP contribution in [0.1, 0.15) is 55.4 Å². The van der Waals surface area contributed by atoms with Crippen molar-refractivity contribution in [2.24, 2.45) is 0 Å². The summed E-state index contributed by atoms with van der Waals surface area (Å²) in [6.07, 6.45) is 0. The standard InChI is InChI=1S/C6H4N2O.C6H6.4C2H6.6CH3.19Y/c1-2-4-6-5(3-1)7-9-8-6;1-2-4-6-5-3-1;4*1-2;;;;;;;;;;;;;;;;;;;;;;;;;/h1-4H;1-6H;4*1-2H3;6*1H3;;;;;;;;;;;;;;;;;;;/q;;;;;;6*-1;;;;;;;;;;;;;;;;;;;. The maximum atomic E-state index is 4.46. The predicted molar refractivity (Wildman–Crippen MR) is 142 cm³/mol. The Morgan fingerprint density at radius 3 is 0.521 bits per heavy atom. The fraction of sp³-hybridized carbons (Fsp3) is 0.308. The van der Waals surface area contributed by atoms with Gasteiger partial charge in [-0.1, -0.05) is 104 Å². The van der Waals surface area contributed by atoms with Crippen molar-refractivity contribution >= 4 is 11.0 Å². The number of aromatic nitrogens is 2. The van der Waals surface area contributed by atoms with E-state index in [4.69, 9.17) is 0 Å². The Morgan fingerprint density at radius 2 is 0.396 bits per heavy atom. The zero-order valence-electron chi connectivity index (χ0n) is 33.0. The molecule has 0 atom stereocenters. The fourth-order valence-corrected chi connectivity index (χ4v) is 1.11. The van der Waals surface area contributed by atoms with Gasteiger partial charge < -0.3 is 44.6 Å². The Balaban J connectivity index is -0.00000000374. The molecule has 3 rings (SSSR count). The minimum Gasteiger partial charge on any atom is -0.358 e. The van der Waals surface area contributed by atoms with Crippen molar-refractivity contribution in [1.82, 2.24) is 10.3 Å². The number of rotatable bonds is 0. The van der Waals surface area contributed by atoms with Gasteiger partial charge in [-0.3, -0.25) is 0 Å². The summed E-state index contributed by atoms with van der Waals surface area (Å²) in [6, 6.07) is 19.5. The molecule has 22 heteroatoms. The molecule has 0 N–H and O–H groups in total. The minimum atomic E-state index is 0. The molecule has 3 nitrogen and oxygen atoms in total. The third-order valence-electron chi connectivity index (χ3n) is 1.83. The Labute approximate surface area is 783 Å². The van der Waals surface area contributed by atoms with Gasteiger partial charge in [0.1, 0.15) is 11.0 Å². The van der Waals surface area contributed by atoms with Crippen LogP contribution in [-0.2, 0) is 621 Å². The molecule has 1 aromatic heterocycles. The Kier molecular flexibility index (Phi) is 774. The third-order valence-corrected chi connectivity index (χ3v) is 1.83. The smallest absolute Gasteiger partial charge is 0.135 e. The molecule has 0 unspecified atom stereocenters. The SMILES string of the molecule is CC.CC.CC.CC.[CH3-].[CH3-].[CH3-].[CH3-].[CH3-].[CH3-].[Y].[Y].[Y].[Y].[Y].[Y].[Y].[Y].[Y].[Y].[Y].[Y].[Y].[Y].[Y].[Y].[Y].[Y].[Y].c1ccc2nonc2c1.c1ccccc1. The fourth-order valence-electron chi connectivity index (χ4n) is 1.11. The van der Waals surface area contributed by atoms with Gasteiger partial charge in [-0.25, -0.2) is 4.63 Å². The van der Waals surface area contributed by atoms with Crippen LogP contribution in [-0.4, -0.2) is 10.3 Å². The van der Waals surface area contributed by atoms with Gasteiger partial charge in [0.25, 0.3) is 0 Å². The van der Waals surface area contributed by atoms with Crippen LogP contribution < -0.4 is 0 Å². The van der Waals surface area contributed by atoms with Crippen molar-refractivity contribution in [2.45, 2.75) is 55.4 Å². The first-order valence-electron chi connectivity index (χ1n) is 8.64. The summed E-state index contributed by atoms with van der Waals surface area (Å²) >= 11 is 0. The second kappa shape index (κ2) is 193. The monoisotopic (exact) mass is 2100 g/mol. The Morgan fingerprint density at radius 1 is 0.271 bits per heavy atom. The van der Waals surface area contributed by atoms with E-state index in [0.717, 1.165) is 11.0 Å². The van der Waals surface area contributed by atoms with Crippen LogP contribution in [0.3, 0.4) is 0 Å². The molecule has 0 aliphatic rings. The van der Waals surface area contributed by atoms with E-state index in [1.807, 2.05) is 116 Å². The molecule has 48 heavy (non-hydrogen) atoms. The third kappa shape index (κ3) is 151. The molecule has 0 amide bonds. The molecular formula is C26H52N2OY19-6. The van der Waals surface area contributed by atoms with Crippen molar-refractivity contribution < 1.29 is 626 Å². The first-order valence-corrected chi connectivity index (χ1v) is 8.64. The predicted octanol–water partition coefficient (Wildman–Crippen LogP) is 9.67. The van der Waals surface area contributed by atoms with Crippen molar-refractivity contribution in [3.63, 3.8) is 0 Å². The van der Waals surface area contributed by atoms with Gasteiger partial charge in [0, 0.05) is 621 Å². The first-order chi connectivity index (χ1) is 11.5. The van der Waals surface area contributed by atoms with Gasteiger partial charge in [0.2, 0.25) is 0 Å². The Bertz CT molecular complexity index is 498. The topological polar surface area (TPSA) is 38.9 Å². The van der Waals surface area contributed by atoms with Gasteiger partial charge in [-0.2, -0.15) is 0 Å². The van der Waals surface area contributed by atoms with Crippen molar-refractivity contribution in [3.8, 4) is 0 Å². The molecule has 0 aliphatic heterocycles. The van der Waals surface area contributed by atoms with E-state index < -0.39 is 0 Å². The molecule has 1 heterocycles. The zero-order chi connectivity index (χ0) is 18.3. The van der Waals surface area contributed by atoms with Gasteiger partial charge >= 0.3 is 0 Å². The van der Waals surface area contributed by atoms with Crippen LogP contribution in [0.5, 0.6) is 0 Å². The van der Waals surface area contributed by atoms with Crippen LogP contribution in [0.2, 0.25) is 0 Å². The maximum Gasteiger partial charge on any atom is 0.135 e. The minimum absolute atomic E-state index is 0. The van der Waals surface area contributed by atoms with E-state index in [9.17, 15) is 0 Å². The Hall–Kier alpha value is 18.8. The summed E-state index contributed by atoms with van der Waals surface area (Å²) in [5.74, 6) is 0. The van der Waals surface area contributed by atoms with Gasteiger partial charge in [-0.05, 0) is 22.4 Å². The zero-order valence-corrected chi connectivity index (χ0v) is 87.0. The van der Waals surface area contributed by atoms with E-state index in [1.165, 1.54) is 0 Å². The molecule has 0 fully saturated rings. The second-order valence-electron chi connectivity index (χ2n) is 2.91. The molecule has 0 saturated heterocycles. The summed E-state index contributed by atoms with van der Waals surface area (Å²) < 4.78 is 4.46. The summed E-state index contributed by atoms with van der Waals surface area (Å²) in [7, 11) is 0. The number of hydrogen-bond donors (Lipinski definition) is 0. The molecule has 235 valence electrons. The molecule has 0 bridgehead atoms. The molecular weight excluding hydrogens is 2050 g/mol. The van der Waals surface area contributed by atoms with Gasteiger partial charge in [0.15, 0.2) is 0 Å². The molecule has 0 spiro atoms. The number of hydrogen-bond acceptors (Lipinski definition) is 3.